The first-order chi connectivity index (χ1) is 7.77. The summed E-state index contributed by atoms with van der Waals surface area (Å²) < 4.78 is 1.15. The SMILES string of the molecule is CCNc1nc(C(C)(C)C)nc(C(C)C)c1I. The van der Waals surface area contributed by atoms with Crippen LogP contribution in [0.25, 0.3) is 0 Å². The van der Waals surface area contributed by atoms with E-state index in [0.717, 1.165) is 27.5 Å². The standard InChI is InChI=1S/C13H22IN3/c1-7-15-11-9(14)10(8(2)3)16-12(17-11)13(4,5)6/h8H,7H2,1-6H3,(H,15,16,17). The Morgan fingerprint density at radius 2 is 1.82 bits per heavy atom. The van der Waals surface area contributed by atoms with Gasteiger partial charge in [-0.1, -0.05) is 34.6 Å². The van der Waals surface area contributed by atoms with Crippen molar-refractivity contribution in [1.82, 2.24) is 9.97 Å². The van der Waals surface area contributed by atoms with E-state index in [9.17, 15) is 0 Å². The lowest BCUT2D eigenvalue weighted by molar-refractivity contribution is 0.538. The van der Waals surface area contributed by atoms with Gasteiger partial charge in [0.1, 0.15) is 11.6 Å². The Hall–Kier alpha value is -0.390. The van der Waals surface area contributed by atoms with Crippen LogP contribution in [0.5, 0.6) is 0 Å². The minimum absolute atomic E-state index is 0.0157. The van der Waals surface area contributed by atoms with E-state index in [1.807, 2.05) is 0 Å². The zero-order chi connectivity index (χ0) is 13.2. The van der Waals surface area contributed by atoms with E-state index >= 15 is 0 Å². The predicted octanol–water partition coefficient (Wildman–Crippen LogP) is 3.93. The van der Waals surface area contributed by atoms with Crippen LogP contribution in [0, 0.1) is 3.57 Å². The first-order valence-electron chi connectivity index (χ1n) is 6.09. The zero-order valence-electron chi connectivity index (χ0n) is 11.6. The second kappa shape index (κ2) is 5.50. The molecule has 0 spiro atoms. The molecule has 1 N–H and O–H groups in total. The minimum atomic E-state index is -0.0157. The van der Waals surface area contributed by atoms with Crippen LogP contribution in [0.15, 0.2) is 0 Å². The predicted molar refractivity (Wildman–Crippen MR) is 81.7 cm³/mol. The van der Waals surface area contributed by atoms with E-state index in [1.165, 1.54) is 0 Å². The molecule has 0 aliphatic rings. The third-order valence-electron chi connectivity index (χ3n) is 2.44. The maximum Gasteiger partial charge on any atom is 0.143 e. The average Bonchev–Trinajstić information content (AvgIpc) is 2.19. The largest absolute Gasteiger partial charge is 0.369 e. The van der Waals surface area contributed by atoms with Gasteiger partial charge in [0.25, 0.3) is 0 Å². The monoisotopic (exact) mass is 347 g/mol. The van der Waals surface area contributed by atoms with Gasteiger partial charge in [-0.3, -0.25) is 0 Å². The molecule has 1 rings (SSSR count). The molecule has 96 valence electrons. The van der Waals surface area contributed by atoms with Gasteiger partial charge in [-0.05, 0) is 35.4 Å². The van der Waals surface area contributed by atoms with Crippen molar-refractivity contribution in [3.05, 3.63) is 15.1 Å². The number of anilines is 1. The zero-order valence-corrected chi connectivity index (χ0v) is 13.7. The fourth-order valence-corrected chi connectivity index (χ4v) is 2.52. The first-order valence-corrected chi connectivity index (χ1v) is 7.17. The van der Waals surface area contributed by atoms with Gasteiger partial charge in [-0.2, -0.15) is 0 Å². The van der Waals surface area contributed by atoms with Crippen LogP contribution in [0.3, 0.4) is 0 Å². The fourth-order valence-electron chi connectivity index (χ4n) is 1.47. The van der Waals surface area contributed by atoms with Crippen molar-refractivity contribution in [2.75, 3.05) is 11.9 Å². The fraction of sp³-hybridized carbons (Fsp3) is 0.692. The van der Waals surface area contributed by atoms with Gasteiger partial charge in [0.15, 0.2) is 0 Å². The summed E-state index contributed by atoms with van der Waals surface area (Å²) in [4.78, 5) is 9.37. The van der Waals surface area contributed by atoms with Crippen molar-refractivity contribution in [3.8, 4) is 0 Å². The summed E-state index contributed by atoms with van der Waals surface area (Å²) in [7, 11) is 0. The number of halogens is 1. The lowest BCUT2D eigenvalue weighted by atomic mass is 9.95. The van der Waals surface area contributed by atoms with Crippen molar-refractivity contribution in [2.45, 2.75) is 52.9 Å². The van der Waals surface area contributed by atoms with Gasteiger partial charge < -0.3 is 5.32 Å². The number of nitrogens with one attached hydrogen (secondary N) is 1. The maximum absolute atomic E-state index is 4.73. The van der Waals surface area contributed by atoms with Crippen LogP contribution in [0.2, 0.25) is 0 Å². The number of nitrogens with zero attached hydrogens (tertiary/aromatic N) is 2. The molecule has 3 nitrogen and oxygen atoms in total. The maximum atomic E-state index is 4.73. The van der Waals surface area contributed by atoms with Gasteiger partial charge in [0.2, 0.25) is 0 Å². The van der Waals surface area contributed by atoms with E-state index in [1.54, 1.807) is 0 Å². The van der Waals surface area contributed by atoms with Crippen LogP contribution in [-0.2, 0) is 5.41 Å². The third-order valence-corrected chi connectivity index (χ3v) is 3.50. The van der Waals surface area contributed by atoms with Crippen molar-refractivity contribution >= 4 is 28.4 Å². The highest BCUT2D eigenvalue weighted by atomic mass is 127. The second-order valence-corrected chi connectivity index (χ2v) is 6.61. The van der Waals surface area contributed by atoms with E-state index < -0.39 is 0 Å². The van der Waals surface area contributed by atoms with Crippen molar-refractivity contribution < 1.29 is 0 Å². The molecular formula is C13H22IN3. The Balaban J connectivity index is 3.36. The molecule has 0 bridgehead atoms. The van der Waals surface area contributed by atoms with Crippen molar-refractivity contribution in [2.24, 2.45) is 0 Å². The van der Waals surface area contributed by atoms with E-state index in [2.05, 4.69) is 74.4 Å². The molecule has 0 fully saturated rings. The molecule has 1 heterocycles. The summed E-state index contributed by atoms with van der Waals surface area (Å²) >= 11 is 2.34. The topological polar surface area (TPSA) is 37.8 Å². The number of aromatic nitrogens is 2. The summed E-state index contributed by atoms with van der Waals surface area (Å²) in [5.41, 5.74) is 1.12. The van der Waals surface area contributed by atoms with E-state index in [0.29, 0.717) is 5.92 Å². The molecule has 4 heteroatoms. The van der Waals surface area contributed by atoms with Gasteiger partial charge in [0, 0.05) is 12.0 Å². The molecule has 0 atom stereocenters. The normalized spacial score (nSPS) is 12.0. The van der Waals surface area contributed by atoms with Gasteiger partial charge >= 0.3 is 0 Å². The van der Waals surface area contributed by atoms with Gasteiger partial charge in [-0.25, -0.2) is 9.97 Å². The lowest BCUT2D eigenvalue weighted by Crippen LogP contribution is -2.20. The van der Waals surface area contributed by atoms with Crippen LogP contribution < -0.4 is 5.32 Å². The highest BCUT2D eigenvalue weighted by molar-refractivity contribution is 14.1. The second-order valence-electron chi connectivity index (χ2n) is 5.53. The molecule has 1 aromatic rings. The molecule has 0 radical (unpaired) electrons. The average molecular weight is 347 g/mol. The van der Waals surface area contributed by atoms with Crippen molar-refractivity contribution in [3.63, 3.8) is 0 Å². The number of hydrogen-bond donors (Lipinski definition) is 1. The van der Waals surface area contributed by atoms with E-state index in [4.69, 9.17) is 4.98 Å². The summed E-state index contributed by atoms with van der Waals surface area (Å²) in [6.07, 6.45) is 0. The van der Waals surface area contributed by atoms with E-state index in [-0.39, 0.29) is 5.41 Å². The molecule has 0 unspecified atom stereocenters. The van der Waals surface area contributed by atoms with Crippen LogP contribution >= 0.6 is 22.6 Å². The van der Waals surface area contributed by atoms with Gasteiger partial charge in [-0.15, -0.1) is 0 Å². The van der Waals surface area contributed by atoms with Crippen LogP contribution in [0.4, 0.5) is 5.82 Å². The smallest absolute Gasteiger partial charge is 0.143 e. The molecule has 17 heavy (non-hydrogen) atoms. The Labute approximate surface area is 118 Å². The molecule has 0 aliphatic heterocycles. The van der Waals surface area contributed by atoms with Crippen LogP contribution in [0.1, 0.15) is 59.0 Å². The Bertz CT molecular complexity index is 394. The molecule has 0 saturated heterocycles. The molecular weight excluding hydrogens is 325 g/mol. The van der Waals surface area contributed by atoms with Crippen LogP contribution in [-0.4, -0.2) is 16.5 Å². The summed E-state index contributed by atoms with van der Waals surface area (Å²) in [5, 5.41) is 3.32. The Morgan fingerprint density at radius 1 is 1.24 bits per heavy atom. The molecule has 0 saturated carbocycles. The number of rotatable bonds is 3. The van der Waals surface area contributed by atoms with Crippen molar-refractivity contribution in [1.29, 1.82) is 0 Å². The summed E-state index contributed by atoms with van der Waals surface area (Å²) in [5.74, 6) is 2.30. The quantitative estimate of drug-likeness (QED) is 0.842. The third kappa shape index (κ3) is 3.53. The highest BCUT2D eigenvalue weighted by Gasteiger charge is 2.22. The minimum Gasteiger partial charge on any atom is -0.369 e. The molecule has 1 aromatic heterocycles. The van der Waals surface area contributed by atoms with Gasteiger partial charge in [0.05, 0.1) is 9.26 Å². The number of hydrogen-bond acceptors (Lipinski definition) is 3. The Morgan fingerprint density at radius 3 is 2.24 bits per heavy atom. The first kappa shape index (κ1) is 14.7. The molecule has 0 amide bonds. The molecule has 0 aromatic carbocycles. The Kier molecular flexibility index (Phi) is 4.75. The lowest BCUT2D eigenvalue weighted by Gasteiger charge is -2.21. The summed E-state index contributed by atoms with van der Waals surface area (Å²) in [6, 6.07) is 0. The highest BCUT2D eigenvalue weighted by Crippen LogP contribution is 2.28. The summed E-state index contributed by atoms with van der Waals surface area (Å²) in [6.45, 7) is 13.8. The molecule has 0 aliphatic carbocycles.